The highest BCUT2D eigenvalue weighted by Gasteiger charge is 2.20. The van der Waals surface area contributed by atoms with Crippen LogP contribution in [0, 0.1) is 27.7 Å². The third kappa shape index (κ3) is 3.84. The number of hydrogen-bond donors (Lipinski definition) is 2. The third-order valence-electron chi connectivity index (χ3n) is 4.59. The minimum atomic E-state index is -0.292. The van der Waals surface area contributed by atoms with Crippen molar-refractivity contribution in [1.82, 2.24) is 15.1 Å². The molecule has 0 unspecified atom stereocenters. The summed E-state index contributed by atoms with van der Waals surface area (Å²) in [6.45, 7) is 7.86. The van der Waals surface area contributed by atoms with Crippen molar-refractivity contribution in [2.45, 2.75) is 27.7 Å². The van der Waals surface area contributed by atoms with Crippen LogP contribution in [-0.2, 0) is 4.79 Å². The lowest BCUT2D eigenvalue weighted by molar-refractivity contribution is -0.116. The Kier molecular flexibility index (Phi) is 4.99. The highest BCUT2D eigenvalue weighted by molar-refractivity contribution is 6.06. The number of H-pyrrole nitrogens is 1. The molecule has 0 bridgehead atoms. The van der Waals surface area contributed by atoms with Gasteiger partial charge in [-0.15, -0.1) is 0 Å². The predicted molar refractivity (Wildman–Crippen MR) is 107 cm³/mol. The van der Waals surface area contributed by atoms with E-state index in [-0.39, 0.29) is 18.4 Å². The summed E-state index contributed by atoms with van der Waals surface area (Å²) in [5, 5.41) is 10.7. The molecule has 0 aliphatic rings. The molecule has 6 heteroatoms. The quantitative estimate of drug-likeness (QED) is 0.744. The Morgan fingerprint density at radius 2 is 1.70 bits per heavy atom. The number of aryl methyl sites for hydroxylation is 4. The zero-order chi connectivity index (χ0) is 19.7. The van der Waals surface area contributed by atoms with E-state index in [4.69, 9.17) is 0 Å². The molecular weight excluding hydrogens is 340 g/mol. The number of anilines is 1. The second kappa shape index (κ2) is 7.23. The van der Waals surface area contributed by atoms with E-state index >= 15 is 0 Å². The van der Waals surface area contributed by atoms with Gasteiger partial charge in [0.1, 0.15) is 0 Å². The molecule has 2 N–H and O–H groups in total. The summed E-state index contributed by atoms with van der Waals surface area (Å²) in [6.07, 6.45) is 0. The van der Waals surface area contributed by atoms with Gasteiger partial charge in [-0.25, -0.2) is 0 Å². The lowest BCUT2D eigenvalue weighted by Gasteiger charge is -2.18. The number of carbonyl (C=O) groups excluding carboxylic acids is 2. The van der Waals surface area contributed by atoms with Crippen molar-refractivity contribution in [3.05, 3.63) is 58.3 Å². The molecule has 1 heterocycles. The van der Waals surface area contributed by atoms with Gasteiger partial charge in [-0.2, -0.15) is 5.10 Å². The van der Waals surface area contributed by atoms with E-state index in [1.807, 2.05) is 58.0 Å². The number of fused-ring (bicyclic) bond motifs is 1. The normalized spacial score (nSPS) is 10.9. The van der Waals surface area contributed by atoms with Crippen molar-refractivity contribution in [3.63, 3.8) is 0 Å². The van der Waals surface area contributed by atoms with Crippen molar-refractivity contribution in [2.75, 3.05) is 18.9 Å². The molecule has 140 valence electrons. The Balaban J connectivity index is 1.74. The van der Waals surface area contributed by atoms with Crippen LogP contribution in [0.2, 0.25) is 0 Å². The average Bonchev–Trinajstić information content (AvgIpc) is 3.00. The highest BCUT2D eigenvalue weighted by Crippen LogP contribution is 2.22. The number of rotatable bonds is 4. The van der Waals surface area contributed by atoms with Gasteiger partial charge in [0.2, 0.25) is 5.91 Å². The molecule has 0 radical (unpaired) electrons. The van der Waals surface area contributed by atoms with Crippen molar-refractivity contribution < 1.29 is 9.59 Å². The van der Waals surface area contributed by atoms with E-state index in [0.717, 1.165) is 38.8 Å². The first-order valence-electron chi connectivity index (χ1n) is 8.84. The molecule has 0 saturated carbocycles. The van der Waals surface area contributed by atoms with Crippen molar-refractivity contribution in [2.24, 2.45) is 0 Å². The number of hydrogen-bond acceptors (Lipinski definition) is 3. The van der Waals surface area contributed by atoms with E-state index in [2.05, 4.69) is 15.5 Å². The maximum absolute atomic E-state index is 12.8. The minimum Gasteiger partial charge on any atom is -0.331 e. The number of aromatic amines is 1. The first-order valence-corrected chi connectivity index (χ1v) is 8.84. The molecule has 0 atom stereocenters. The number of nitrogens with one attached hydrogen (secondary N) is 2. The molecule has 0 fully saturated rings. The van der Waals surface area contributed by atoms with Gasteiger partial charge < -0.3 is 10.2 Å². The Labute approximate surface area is 158 Å². The topological polar surface area (TPSA) is 78.1 Å². The minimum absolute atomic E-state index is 0.0498. The van der Waals surface area contributed by atoms with Crippen molar-refractivity contribution >= 4 is 28.4 Å². The van der Waals surface area contributed by atoms with Crippen LogP contribution in [0.3, 0.4) is 0 Å². The summed E-state index contributed by atoms with van der Waals surface area (Å²) in [4.78, 5) is 26.6. The Morgan fingerprint density at radius 3 is 2.37 bits per heavy atom. The fourth-order valence-corrected chi connectivity index (χ4v) is 3.32. The molecule has 27 heavy (non-hydrogen) atoms. The van der Waals surface area contributed by atoms with E-state index in [1.54, 1.807) is 7.05 Å². The molecule has 3 rings (SSSR count). The summed E-state index contributed by atoms with van der Waals surface area (Å²) < 4.78 is 0. The number of aromatic nitrogens is 2. The van der Waals surface area contributed by atoms with Crippen LogP contribution in [0.25, 0.3) is 10.9 Å². The van der Waals surface area contributed by atoms with Gasteiger partial charge in [-0.05, 0) is 51.0 Å². The van der Waals surface area contributed by atoms with Crippen LogP contribution in [0.1, 0.15) is 32.7 Å². The first-order chi connectivity index (χ1) is 12.8. The summed E-state index contributed by atoms with van der Waals surface area (Å²) in [5.41, 5.74) is 6.12. The predicted octanol–water partition coefficient (Wildman–Crippen LogP) is 3.51. The number of carbonyl (C=O) groups is 2. The van der Waals surface area contributed by atoms with E-state index in [0.29, 0.717) is 5.69 Å². The molecule has 2 amide bonds. The van der Waals surface area contributed by atoms with E-state index in [9.17, 15) is 9.59 Å². The van der Waals surface area contributed by atoms with E-state index in [1.165, 1.54) is 4.90 Å². The largest absolute Gasteiger partial charge is 0.331 e. The van der Waals surface area contributed by atoms with Gasteiger partial charge >= 0.3 is 0 Å². The third-order valence-corrected chi connectivity index (χ3v) is 4.59. The van der Waals surface area contributed by atoms with Crippen LogP contribution >= 0.6 is 0 Å². The molecule has 1 aromatic heterocycles. The fraction of sp³-hybridized carbons (Fsp3) is 0.286. The van der Waals surface area contributed by atoms with Crippen LogP contribution < -0.4 is 5.32 Å². The molecule has 0 spiro atoms. The molecule has 2 aromatic carbocycles. The Hall–Kier alpha value is -3.15. The second-order valence-electron chi connectivity index (χ2n) is 7.10. The monoisotopic (exact) mass is 364 g/mol. The zero-order valence-electron chi connectivity index (χ0n) is 16.3. The van der Waals surface area contributed by atoms with Crippen LogP contribution in [0.5, 0.6) is 0 Å². The number of amides is 2. The standard InChI is InChI=1S/C21H24N4O2/c1-12-6-7-17-16(10-12)20(24-23-17)21(27)25(5)11-18(26)22-19-14(3)8-13(2)9-15(19)4/h6-10H,11H2,1-5H3,(H,22,26)(H,23,24). The Bertz CT molecular complexity index is 1010. The van der Waals surface area contributed by atoms with Gasteiger partial charge in [0, 0.05) is 18.1 Å². The van der Waals surface area contributed by atoms with Gasteiger partial charge in [0.15, 0.2) is 5.69 Å². The highest BCUT2D eigenvalue weighted by atomic mass is 16.2. The fourth-order valence-electron chi connectivity index (χ4n) is 3.32. The zero-order valence-corrected chi connectivity index (χ0v) is 16.3. The Morgan fingerprint density at radius 1 is 1.04 bits per heavy atom. The average molecular weight is 364 g/mol. The first kappa shape index (κ1) is 18.6. The summed E-state index contributed by atoms with van der Waals surface area (Å²) >= 11 is 0. The molecular formula is C21H24N4O2. The lowest BCUT2D eigenvalue weighted by Crippen LogP contribution is -2.35. The molecule has 3 aromatic rings. The summed E-state index contributed by atoms with van der Waals surface area (Å²) in [5.74, 6) is -0.531. The molecule has 0 saturated heterocycles. The molecule has 0 aliphatic heterocycles. The van der Waals surface area contributed by atoms with Crippen LogP contribution in [0.15, 0.2) is 30.3 Å². The number of likely N-dealkylation sites (N-methyl/N-ethyl adjacent to an activating group) is 1. The van der Waals surface area contributed by atoms with E-state index < -0.39 is 0 Å². The lowest BCUT2D eigenvalue weighted by atomic mass is 10.1. The van der Waals surface area contributed by atoms with Crippen LogP contribution in [-0.4, -0.2) is 40.5 Å². The summed E-state index contributed by atoms with van der Waals surface area (Å²) in [7, 11) is 1.60. The van der Waals surface area contributed by atoms with Crippen LogP contribution in [0.4, 0.5) is 5.69 Å². The second-order valence-corrected chi connectivity index (χ2v) is 7.10. The maximum Gasteiger partial charge on any atom is 0.275 e. The molecule has 6 nitrogen and oxygen atoms in total. The van der Waals surface area contributed by atoms with Gasteiger partial charge in [-0.1, -0.05) is 29.3 Å². The van der Waals surface area contributed by atoms with Gasteiger partial charge in [-0.3, -0.25) is 14.7 Å². The van der Waals surface area contributed by atoms with Crippen molar-refractivity contribution in [3.8, 4) is 0 Å². The van der Waals surface area contributed by atoms with Gasteiger partial charge in [0.25, 0.3) is 5.91 Å². The SMILES string of the molecule is Cc1cc(C)c(NC(=O)CN(C)C(=O)c2n[nH]c3ccc(C)cc23)c(C)c1. The number of nitrogens with zero attached hydrogens (tertiary/aromatic N) is 2. The van der Waals surface area contributed by atoms with Gasteiger partial charge in [0.05, 0.1) is 12.1 Å². The maximum atomic E-state index is 12.8. The smallest absolute Gasteiger partial charge is 0.275 e. The van der Waals surface area contributed by atoms with Crippen molar-refractivity contribution in [1.29, 1.82) is 0 Å². The summed E-state index contributed by atoms with van der Waals surface area (Å²) in [6, 6.07) is 9.81. The number of benzene rings is 2. The molecule has 0 aliphatic carbocycles.